The van der Waals surface area contributed by atoms with Crippen LogP contribution in [0.2, 0.25) is 0 Å². The van der Waals surface area contributed by atoms with Crippen molar-refractivity contribution >= 4 is 16.9 Å². The predicted molar refractivity (Wildman–Crippen MR) is 50.6 cm³/mol. The van der Waals surface area contributed by atoms with Crippen LogP contribution in [-0.4, -0.2) is 26.8 Å². The fourth-order valence-corrected chi connectivity index (χ4v) is 1.34. The zero-order valence-electron chi connectivity index (χ0n) is 7.81. The molecule has 6 heteroatoms. The molecule has 0 aliphatic rings. The minimum atomic E-state index is 0.463. The number of hydrogen-bond donors (Lipinski definition) is 1. The molecule has 2 heterocycles. The van der Waals surface area contributed by atoms with Gasteiger partial charge in [-0.3, -0.25) is 4.68 Å². The van der Waals surface area contributed by atoms with E-state index >= 15 is 0 Å². The lowest BCUT2D eigenvalue weighted by Gasteiger charge is -1.98. The second-order valence-electron chi connectivity index (χ2n) is 2.75. The number of aryl methyl sites for hydroxylation is 1. The lowest BCUT2D eigenvalue weighted by Crippen LogP contribution is -1.95. The van der Waals surface area contributed by atoms with Crippen molar-refractivity contribution in [2.75, 3.05) is 12.4 Å². The third-order valence-electron chi connectivity index (χ3n) is 1.98. The Morgan fingerprint density at radius 3 is 2.93 bits per heavy atom. The van der Waals surface area contributed by atoms with E-state index in [0.29, 0.717) is 22.5 Å². The van der Waals surface area contributed by atoms with Gasteiger partial charge in [0.25, 0.3) is 0 Å². The van der Waals surface area contributed by atoms with Crippen LogP contribution >= 0.6 is 0 Å². The standard InChI is InChI=1S/C8H8N6/c1-10-7-6-5(3-9)14(2)13-8(6)12-4-11-7/h4H,1-2H3,(H,10,11,12,13). The molecule has 2 aromatic rings. The summed E-state index contributed by atoms with van der Waals surface area (Å²) in [5.41, 5.74) is 0.994. The Hall–Kier alpha value is -2.16. The molecule has 0 spiro atoms. The Morgan fingerprint density at radius 2 is 2.29 bits per heavy atom. The summed E-state index contributed by atoms with van der Waals surface area (Å²) >= 11 is 0. The third kappa shape index (κ3) is 0.992. The predicted octanol–water partition coefficient (Wildman–Crippen LogP) is 0.277. The summed E-state index contributed by atoms with van der Waals surface area (Å²) in [6.07, 6.45) is 1.42. The highest BCUT2D eigenvalue weighted by Gasteiger charge is 2.13. The molecule has 0 aliphatic carbocycles. The van der Waals surface area contributed by atoms with Gasteiger partial charge in [0.15, 0.2) is 11.3 Å². The Labute approximate surface area is 80.2 Å². The van der Waals surface area contributed by atoms with Crippen molar-refractivity contribution in [3.05, 3.63) is 12.0 Å². The summed E-state index contributed by atoms with van der Waals surface area (Å²) in [6.45, 7) is 0. The van der Waals surface area contributed by atoms with Gasteiger partial charge in [-0.1, -0.05) is 0 Å². The molecule has 0 unspecified atom stereocenters. The molecule has 14 heavy (non-hydrogen) atoms. The fraction of sp³-hybridized carbons (Fsp3) is 0.250. The van der Waals surface area contributed by atoms with Crippen LogP contribution in [0.15, 0.2) is 6.33 Å². The lowest BCUT2D eigenvalue weighted by atomic mass is 10.3. The van der Waals surface area contributed by atoms with E-state index in [0.717, 1.165) is 0 Å². The van der Waals surface area contributed by atoms with Gasteiger partial charge < -0.3 is 5.32 Å². The van der Waals surface area contributed by atoms with Crippen LogP contribution < -0.4 is 5.32 Å². The normalized spacial score (nSPS) is 10.1. The number of fused-ring (bicyclic) bond motifs is 1. The molecule has 0 fully saturated rings. The molecular formula is C8H8N6. The highest BCUT2D eigenvalue weighted by atomic mass is 15.3. The Bertz CT molecular complexity index is 520. The number of rotatable bonds is 1. The van der Waals surface area contributed by atoms with Crippen molar-refractivity contribution in [2.45, 2.75) is 0 Å². The number of aromatic nitrogens is 4. The molecule has 6 nitrogen and oxygen atoms in total. The first-order chi connectivity index (χ1) is 6.77. The summed E-state index contributed by atoms with van der Waals surface area (Å²) < 4.78 is 1.50. The third-order valence-corrected chi connectivity index (χ3v) is 1.98. The first kappa shape index (κ1) is 8.44. The Balaban J connectivity index is 2.91. The van der Waals surface area contributed by atoms with Crippen molar-refractivity contribution in [3.8, 4) is 6.07 Å². The van der Waals surface area contributed by atoms with Gasteiger partial charge in [-0.25, -0.2) is 9.97 Å². The summed E-state index contributed by atoms with van der Waals surface area (Å²) in [6, 6.07) is 2.07. The van der Waals surface area contributed by atoms with Crippen LogP contribution in [0.5, 0.6) is 0 Å². The zero-order valence-corrected chi connectivity index (χ0v) is 7.81. The maximum absolute atomic E-state index is 8.93. The van der Waals surface area contributed by atoms with Gasteiger partial charge in [0.2, 0.25) is 0 Å². The molecule has 0 bridgehead atoms. The van der Waals surface area contributed by atoms with Gasteiger partial charge in [0.05, 0.1) is 5.39 Å². The second-order valence-corrected chi connectivity index (χ2v) is 2.75. The summed E-state index contributed by atoms with van der Waals surface area (Å²) in [5.74, 6) is 0.625. The molecule has 0 atom stereocenters. The number of hydrogen-bond acceptors (Lipinski definition) is 5. The summed E-state index contributed by atoms with van der Waals surface area (Å²) in [4.78, 5) is 8.01. The van der Waals surface area contributed by atoms with E-state index in [1.54, 1.807) is 14.1 Å². The lowest BCUT2D eigenvalue weighted by molar-refractivity contribution is 0.764. The van der Waals surface area contributed by atoms with Crippen LogP contribution in [0.4, 0.5) is 5.82 Å². The van der Waals surface area contributed by atoms with Crippen molar-refractivity contribution < 1.29 is 0 Å². The molecule has 0 aliphatic heterocycles. The molecule has 2 rings (SSSR count). The molecule has 0 saturated carbocycles. The number of nitriles is 1. The molecule has 1 N–H and O–H groups in total. The molecular weight excluding hydrogens is 180 g/mol. The number of nitrogens with one attached hydrogen (secondary N) is 1. The van der Waals surface area contributed by atoms with E-state index in [4.69, 9.17) is 5.26 Å². The van der Waals surface area contributed by atoms with E-state index < -0.39 is 0 Å². The summed E-state index contributed by atoms with van der Waals surface area (Å²) in [5, 5.41) is 16.6. The Kier molecular flexibility index (Phi) is 1.78. The summed E-state index contributed by atoms with van der Waals surface area (Å²) in [7, 11) is 3.45. The van der Waals surface area contributed by atoms with E-state index in [1.807, 2.05) is 0 Å². The Morgan fingerprint density at radius 1 is 1.50 bits per heavy atom. The largest absolute Gasteiger partial charge is 0.372 e. The quantitative estimate of drug-likeness (QED) is 0.695. The SMILES string of the molecule is CNc1ncnc2nn(C)c(C#N)c12. The van der Waals surface area contributed by atoms with E-state index in [9.17, 15) is 0 Å². The van der Waals surface area contributed by atoms with Crippen LogP contribution in [0.25, 0.3) is 11.0 Å². The first-order valence-corrected chi connectivity index (χ1v) is 4.03. The smallest absolute Gasteiger partial charge is 0.187 e. The monoisotopic (exact) mass is 188 g/mol. The highest BCUT2D eigenvalue weighted by molar-refractivity contribution is 5.90. The van der Waals surface area contributed by atoms with Crippen LogP contribution in [0, 0.1) is 11.3 Å². The second kappa shape index (κ2) is 2.96. The maximum atomic E-state index is 8.93. The van der Waals surface area contributed by atoms with Gasteiger partial charge in [0, 0.05) is 14.1 Å². The van der Waals surface area contributed by atoms with Crippen LogP contribution in [-0.2, 0) is 7.05 Å². The topological polar surface area (TPSA) is 79.4 Å². The van der Waals surface area contributed by atoms with Crippen LogP contribution in [0.3, 0.4) is 0 Å². The van der Waals surface area contributed by atoms with Crippen molar-refractivity contribution in [1.29, 1.82) is 5.26 Å². The van der Waals surface area contributed by atoms with Crippen molar-refractivity contribution in [3.63, 3.8) is 0 Å². The van der Waals surface area contributed by atoms with Crippen molar-refractivity contribution in [2.24, 2.45) is 7.05 Å². The molecule has 0 amide bonds. The van der Waals surface area contributed by atoms with Gasteiger partial charge in [0.1, 0.15) is 18.2 Å². The molecule has 70 valence electrons. The average molecular weight is 188 g/mol. The van der Waals surface area contributed by atoms with Gasteiger partial charge in [-0.2, -0.15) is 10.4 Å². The van der Waals surface area contributed by atoms with E-state index in [-0.39, 0.29) is 0 Å². The molecule has 0 saturated heterocycles. The van der Waals surface area contributed by atoms with E-state index in [2.05, 4.69) is 26.5 Å². The average Bonchev–Trinajstić information content (AvgIpc) is 2.52. The molecule has 2 aromatic heterocycles. The fourth-order valence-electron chi connectivity index (χ4n) is 1.34. The van der Waals surface area contributed by atoms with Gasteiger partial charge in [-0.15, -0.1) is 0 Å². The van der Waals surface area contributed by atoms with Gasteiger partial charge >= 0.3 is 0 Å². The maximum Gasteiger partial charge on any atom is 0.187 e. The number of nitrogens with zero attached hydrogens (tertiary/aromatic N) is 5. The minimum Gasteiger partial charge on any atom is -0.372 e. The zero-order chi connectivity index (χ0) is 10.1. The van der Waals surface area contributed by atoms with Gasteiger partial charge in [-0.05, 0) is 0 Å². The highest BCUT2D eigenvalue weighted by Crippen LogP contribution is 2.21. The van der Waals surface area contributed by atoms with E-state index in [1.165, 1.54) is 11.0 Å². The number of anilines is 1. The van der Waals surface area contributed by atoms with Crippen molar-refractivity contribution in [1.82, 2.24) is 19.7 Å². The molecule has 0 aromatic carbocycles. The minimum absolute atomic E-state index is 0.463. The van der Waals surface area contributed by atoms with Crippen LogP contribution in [0.1, 0.15) is 5.69 Å². The first-order valence-electron chi connectivity index (χ1n) is 4.03. The molecule has 0 radical (unpaired) electrons.